The summed E-state index contributed by atoms with van der Waals surface area (Å²) in [4.78, 5) is 2.77. The van der Waals surface area contributed by atoms with Gasteiger partial charge in [0.15, 0.2) is 28.8 Å². The Morgan fingerprint density at radius 2 is 1.67 bits per heavy atom. The number of likely N-dealkylation sites (N-methyl/N-ethyl adjacent to an activating group) is 1. The average Bonchev–Trinajstić information content (AvgIpc) is 2.75. The number of rotatable bonds is 3. The zero-order chi connectivity index (χ0) is 17.3. The Morgan fingerprint density at radius 3 is 2.25 bits per heavy atom. The highest BCUT2D eigenvalue weighted by atomic mass is 127. The van der Waals surface area contributed by atoms with Gasteiger partial charge in [-0.05, 0) is 67.4 Å². The van der Waals surface area contributed by atoms with Crippen molar-refractivity contribution < 1.29 is 11.5 Å². The molecule has 1 heterocycles. The molecule has 0 saturated heterocycles. The molecule has 0 bridgehead atoms. The molecule has 0 N–H and O–H groups in total. The van der Waals surface area contributed by atoms with Gasteiger partial charge in [0, 0.05) is 17.6 Å². The molecule has 128 valence electrons. The van der Waals surface area contributed by atoms with Crippen molar-refractivity contribution >= 4 is 48.8 Å². The second-order valence-electron chi connectivity index (χ2n) is 5.91. The van der Waals surface area contributed by atoms with Crippen molar-refractivity contribution in [1.29, 1.82) is 0 Å². The molecular weight excluding hydrogens is 505 g/mol. The topological polar surface area (TPSA) is 46.6 Å². The maximum Gasteiger partial charge on any atom is 0.210 e. The normalized spacial score (nSPS) is 15.6. The van der Waals surface area contributed by atoms with E-state index in [1.165, 1.54) is 5.56 Å². The largest absolute Gasteiger partial charge is 0.426 e. The van der Waals surface area contributed by atoms with Crippen LogP contribution in [0.4, 0.5) is 0 Å². The lowest BCUT2D eigenvalue weighted by atomic mass is 10.0. The molecule has 0 atom stereocenters. The summed E-state index contributed by atoms with van der Waals surface area (Å²) in [7, 11) is -1.54. The van der Waals surface area contributed by atoms with Crippen molar-refractivity contribution in [2.75, 3.05) is 20.1 Å². The predicted octanol–water partition coefficient (Wildman–Crippen LogP) is 4.04. The predicted molar refractivity (Wildman–Crippen MR) is 106 cm³/mol. The monoisotopic (exact) mass is 521 g/mol. The third-order valence-electron chi connectivity index (χ3n) is 4.29. The lowest BCUT2D eigenvalue weighted by molar-refractivity contribution is 0.352. The van der Waals surface area contributed by atoms with Crippen LogP contribution in [0.3, 0.4) is 0 Å². The van der Waals surface area contributed by atoms with Crippen LogP contribution in [0.2, 0.25) is 0 Å². The molecule has 2 aromatic rings. The van der Waals surface area contributed by atoms with Crippen molar-refractivity contribution in [3.05, 3.63) is 52.0 Å². The second-order valence-corrected chi connectivity index (χ2v) is 9.18. The van der Waals surface area contributed by atoms with E-state index in [-0.39, 0.29) is 9.79 Å². The van der Waals surface area contributed by atoms with Gasteiger partial charge in [0.25, 0.3) is 0 Å². The molecule has 1 aliphatic heterocycles. The van der Waals surface area contributed by atoms with Crippen LogP contribution in [0.1, 0.15) is 11.1 Å². The van der Waals surface area contributed by atoms with E-state index in [1.807, 2.05) is 6.07 Å². The zero-order valence-corrected chi connectivity index (χ0v) is 17.7. The first-order valence-electron chi connectivity index (χ1n) is 7.55. The highest BCUT2D eigenvalue weighted by Crippen LogP contribution is 2.35. The van der Waals surface area contributed by atoms with Crippen LogP contribution >= 0.6 is 38.9 Å². The zero-order valence-electron chi connectivity index (χ0n) is 13.1. The molecule has 3 rings (SSSR count). The maximum atomic E-state index is 13.1. The maximum absolute atomic E-state index is 13.1. The number of sulfone groups is 1. The number of fused-ring (bicyclic) bond motifs is 1. The van der Waals surface area contributed by atoms with Crippen LogP contribution in [-0.2, 0) is 22.7 Å². The number of hydrogen-bond acceptors (Lipinski definition) is 4. The minimum Gasteiger partial charge on any atom is -0.426 e. The van der Waals surface area contributed by atoms with E-state index in [1.54, 1.807) is 53.3 Å². The Bertz CT molecular complexity index is 853. The molecule has 24 heavy (non-hydrogen) atoms. The van der Waals surface area contributed by atoms with E-state index in [4.69, 9.17) is 3.07 Å². The van der Waals surface area contributed by atoms with Crippen LogP contribution in [0.15, 0.2) is 50.7 Å². The van der Waals surface area contributed by atoms with Gasteiger partial charge in [-0.25, -0.2) is 8.42 Å². The van der Waals surface area contributed by atoms with Crippen LogP contribution < -0.4 is 3.07 Å². The Kier molecular flexibility index (Phi) is 5.53. The molecule has 4 nitrogen and oxygen atoms in total. The number of benzene rings is 2. The first-order chi connectivity index (χ1) is 11.4. The SMILES string of the molecule is CN1CCc2cc(OI)c(S(=O)(=O)c3ccc(Br)cc3)cc2CC1. The third-order valence-corrected chi connectivity index (χ3v) is 7.08. The van der Waals surface area contributed by atoms with E-state index in [0.717, 1.165) is 36.0 Å². The highest BCUT2D eigenvalue weighted by molar-refractivity contribution is 14.1. The van der Waals surface area contributed by atoms with Crippen molar-refractivity contribution in [1.82, 2.24) is 4.90 Å². The van der Waals surface area contributed by atoms with E-state index >= 15 is 0 Å². The fraction of sp³-hybridized carbons (Fsp3) is 0.294. The summed E-state index contributed by atoms with van der Waals surface area (Å²) in [5, 5.41) is 0. The number of hydrogen-bond donors (Lipinski definition) is 0. The molecule has 0 radical (unpaired) electrons. The molecule has 0 fully saturated rings. The molecular formula is C17H17BrINO3S. The minimum absolute atomic E-state index is 0.238. The molecule has 0 amide bonds. The van der Waals surface area contributed by atoms with E-state index < -0.39 is 9.84 Å². The smallest absolute Gasteiger partial charge is 0.210 e. The van der Waals surface area contributed by atoms with Gasteiger partial charge in [-0.2, -0.15) is 0 Å². The Hall–Kier alpha value is -0.640. The van der Waals surface area contributed by atoms with Crippen molar-refractivity contribution in [3.8, 4) is 5.75 Å². The standard InChI is InChI=1S/C17H17BrINO3S/c1-20-8-6-12-10-16(23-19)17(11-13(12)7-9-20)24(21,22)15-4-2-14(18)3-5-15/h2-5,10-11H,6-9H2,1H3. The van der Waals surface area contributed by atoms with E-state index in [9.17, 15) is 8.42 Å². The molecule has 0 aliphatic carbocycles. The summed E-state index contributed by atoms with van der Waals surface area (Å²) in [6, 6.07) is 10.4. The second kappa shape index (κ2) is 7.31. The quantitative estimate of drug-likeness (QED) is 0.572. The molecule has 2 aromatic carbocycles. The van der Waals surface area contributed by atoms with Gasteiger partial charge in [-0.3, -0.25) is 0 Å². The van der Waals surface area contributed by atoms with Crippen LogP contribution in [0, 0.1) is 0 Å². The van der Waals surface area contributed by atoms with Gasteiger partial charge in [-0.1, -0.05) is 15.9 Å². The number of nitrogens with zero attached hydrogens (tertiary/aromatic N) is 1. The molecule has 7 heteroatoms. The molecule has 1 aliphatic rings. The third kappa shape index (κ3) is 3.63. The molecule has 0 saturated carbocycles. The van der Waals surface area contributed by atoms with Crippen molar-refractivity contribution in [3.63, 3.8) is 0 Å². The van der Waals surface area contributed by atoms with Gasteiger partial charge < -0.3 is 7.97 Å². The van der Waals surface area contributed by atoms with Gasteiger partial charge in [-0.15, -0.1) is 0 Å². The summed E-state index contributed by atoms with van der Waals surface area (Å²) in [6.07, 6.45) is 1.74. The summed E-state index contributed by atoms with van der Waals surface area (Å²) in [6.45, 7) is 1.89. The summed E-state index contributed by atoms with van der Waals surface area (Å²) in [5.41, 5.74) is 2.26. The molecule has 0 spiro atoms. The van der Waals surface area contributed by atoms with Gasteiger partial charge in [0.05, 0.1) is 4.90 Å². The molecule has 0 unspecified atom stereocenters. The minimum atomic E-state index is -3.62. The first kappa shape index (κ1) is 18.2. The van der Waals surface area contributed by atoms with Crippen molar-refractivity contribution in [2.24, 2.45) is 0 Å². The Morgan fingerprint density at radius 1 is 1.08 bits per heavy atom. The molecule has 0 aromatic heterocycles. The first-order valence-corrected chi connectivity index (χ1v) is 10.7. The summed E-state index contributed by atoms with van der Waals surface area (Å²) in [5.74, 6) is 0.404. The fourth-order valence-corrected chi connectivity index (χ4v) is 5.04. The summed E-state index contributed by atoms with van der Waals surface area (Å²) < 4.78 is 32.3. The van der Waals surface area contributed by atoms with Crippen LogP contribution in [0.5, 0.6) is 5.75 Å². The Balaban J connectivity index is 2.11. The lowest BCUT2D eigenvalue weighted by Gasteiger charge is -2.13. The summed E-state index contributed by atoms with van der Waals surface area (Å²) >= 11 is 5.08. The highest BCUT2D eigenvalue weighted by Gasteiger charge is 2.25. The van der Waals surface area contributed by atoms with Crippen LogP contribution in [-0.4, -0.2) is 33.5 Å². The van der Waals surface area contributed by atoms with Gasteiger partial charge in [0.1, 0.15) is 4.90 Å². The van der Waals surface area contributed by atoms with Gasteiger partial charge in [0.2, 0.25) is 9.84 Å². The van der Waals surface area contributed by atoms with E-state index in [2.05, 4.69) is 27.9 Å². The lowest BCUT2D eigenvalue weighted by Crippen LogP contribution is -2.20. The van der Waals surface area contributed by atoms with Crippen molar-refractivity contribution in [2.45, 2.75) is 22.6 Å². The average molecular weight is 522 g/mol. The fourth-order valence-electron chi connectivity index (χ4n) is 2.86. The van der Waals surface area contributed by atoms with Crippen LogP contribution in [0.25, 0.3) is 0 Å². The van der Waals surface area contributed by atoms with Gasteiger partial charge >= 0.3 is 0 Å². The number of halogens is 2. The Labute approximate surface area is 164 Å². The van der Waals surface area contributed by atoms with E-state index in [0.29, 0.717) is 5.75 Å².